The van der Waals surface area contributed by atoms with E-state index in [0.29, 0.717) is 0 Å². The third kappa shape index (κ3) is 8.83. The molecule has 0 unspecified atom stereocenters. The molecule has 0 atom stereocenters. The van der Waals surface area contributed by atoms with Gasteiger partial charge in [-0.15, -0.1) is 6.61 Å². The van der Waals surface area contributed by atoms with Gasteiger partial charge in [0.05, 0.1) is 0 Å². The minimum Gasteiger partial charge on any atom is -0.482 e. The standard InChI is InChI=1S/C3H4OSi.Li/c1-2-3-4-5;/h2-3H,1H2;/q-1;+1. The molecular weight excluding hydrogens is 87.1 g/mol. The average molecular weight is 91.1 g/mol. The van der Waals surface area contributed by atoms with Gasteiger partial charge in [0.2, 0.25) is 10.5 Å². The molecule has 0 spiro atoms. The summed E-state index contributed by atoms with van der Waals surface area (Å²) >= 11 is 0. The van der Waals surface area contributed by atoms with Gasteiger partial charge in [-0.25, -0.2) is 12.7 Å². The summed E-state index contributed by atoms with van der Waals surface area (Å²) in [6.07, 6.45) is 1.53. The van der Waals surface area contributed by atoms with Crippen molar-refractivity contribution in [1.82, 2.24) is 0 Å². The molecule has 0 aromatic rings. The second-order valence-corrected chi connectivity index (χ2v) is 0.725. The summed E-state index contributed by atoms with van der Waals surface area (Å²) in [5.74, 6) is 0. The molecule has 0 bridgehead atoms. The van der Waals surface area contributed by atoms with Crippen LogP contribution in [0.1, 0.15) is 0 Å². The van der Waals surface area contributed by atoms with Crippen LogP contribution in [-0.2, 0) is 4.43 Å². The molecule has 3 heteroatoms. The van der Waals surface area contributed by atoms with Gasteiger partial charge in [0.15, 0.2) is 0 Å². The van der Waals surface area contributed by atoms with Crippen molar-refractivity contribution in [3.8, 4) is 0 Å². The van der Waals surface area contributed by atoms with Crippen LogP contribution in [0.2, 0.25) is 0 Å². The van der Waals surface area contributed by atoms with Crippen LogP contribution in [0.5, 0.6) is 0 Å². The Hall–Kier alpha value is 0.384. The van der Waals surface area contributed by atoms with E-state index < -0.39 is 0 Å². The molecule has 0 aliphatic carbocycles. The van der Waals surface area contributed by atoms with E-state index in [1.807, 2.05) is 0 Å². The molecule has 0 amide bonds. The monoisotopic (exact) mass is 91.0 g/mol. The van der Waals surface area contributed by atoms with E-state index in [9.17, 15) is 0 Å². The Morgan fingerprint density at radius 2 is 2.33 bits per heavy atom. The van der Waals surface area contributed by atoms with Crippen molar-refractivity contribution in [2.45, 2.75) is 0 Å². The zero-order valence-electron chi connectivity index (χ0n) is 3.77. The van der Waals surface area contributed by atoms with Crippen LogP contribution < -0.4 is 18.9 Å². The maximum Gasteiger partial charge on any atom is 1.00 e. The first-order chi connectivity index (χ1) is 2.41. The van der Waals surface area contributed by atoms with Crippen molar-refractivity contribution >= 4 is 10.5 Å². The van der Waals surface area contributed by atoms with E-state index >= 15 is 0 Å². The van der Waals surface area contributed by atoms with Crippen LogP contribution in [-0.4, -0.2) is 10.5 Å². The topological polar surface area (TPSA) is 9.23 Å². The van der Waals surface area contributed by atoms with E-state index in [4.69, 9.17) is 0 Å². The molecule has 0 saturated heterocycles. The maximum atomic E-state index is 4.25. The van der Waals surface area contributed by atoms with E-state index in [-0.39, 0.29) is 18.9 Å². The van der Waals surface area contributed by atoms with Crippen molar-refractivity contribution in [1.29, 1.82) is 0 Å². The number of hydrogen-bond donors (Lipinski definition) is 0. The zero-order chi connectivity index (χ0) is 4.12. The van der Waals surface area contributed by atoms with Crippen LogP contribution >= 0.6 is 0 Å². The number of hydrogen-bond acceptors (Lipinski definition) is 1. The van der Waals surface area contributed by atoms with Gasteiger partial charge >= 0.3 is 18.9 Å². The third-order valence-electron chi connectivity index (χ3n) is 0.164. The van der Waals surface area contributed by atoms with Gasteiger partial charge in [-0.05, 0) is 0 Å². The first-order valence-corrected chi connectivity index (χ1v) is 1.59. The predicted molar refractivity (Wildman–Crippen MR) is 21.3 cm³/mol. The van der Waals surface area contributed by atoms with Crippen molar-refractivity contribution in [2.24, 2.45) is 0 Å². The molecule has 1 nitrogen and oxygen atoms in total. The van der Waals surface area contributed by atoms with Crippen LogP contribution in [0.25, 0.3) is 0 Å². The molecule has 0 aliphatic rings. The summed E-state index contributed by atoms with van der Waals surface area (Å²) in [7, 11) is 2.72. The number of rotatable bonds is 2. The molecule has 6 heavy (non-hydrogen) atoms. The van der Waals surface area contributed by atoms with Crippen LogP contribution in [0.4, 0.5) is 0 Å². The Kier molecular flexibility index (Phi) is 14.5. The zero-order valence-corrected chi connectivity index (χ0v) is 4.77. The first kappa shape index (κ1) is 9.63. The fourth-order valence-electron chi connectivity index (χ4n) is 0.0481. The summed E-state index contributed by atoms with van der Waals surface area (Å²) in [5.41, 5.74) is 0. The molecule has 0 rings (SSSR count). The minimum atomic E-state index is 0. The van der Waals surface area contributed by atoms with Crippen molar-refractivity contribution < 1.29 is 23.3 Å². The van der Waals surface area contributed by atoms with Gasteiger partial charge in [0.1, 0.15) is 0 Å². The Bertz CT molecular complexity index is 32.0. The first-order valence-electron chi connectivity index (χ1n) is 1.18. The molecular formula is C3H4LiOSi. The van der Waals surface area contributed by atoms with Gasteiger partial charge < -0.3 is 4.43 Å². The van der Waals surface area contributed by atoms with E-state index in [2.05, 4.69) is 21.5 Å². The predicted octanol–water partition coefficient (Wildman–Crippen LogP) is -2.56. The normalized spacial score (nSPS) is 5.50. The van der Waals surface area contributed by atoms with Gasteiger partial charge in [-0.1, -0.05) is 0 Å². The van der Waals surface area contributed by atoms with Gasteiger partial charge in [-0.3, -0.25) is 0 Å². The molecule has 27 valence electrons. The Labute approximate surface area is 53.5 Å². The SMILES string of the molecule is C=C[CH-]O[Si].[Li+]. The summed E-state index contributed by atoms with van der Waals surface area (Å²) in [6, 6.07) is 0. The fourth-order valence-corrected chi connectivity index (χ4v) is 0.144. The van der Waals surface area contributed by atoms with Crippen LogP contribution in [0.15, 0.2) is 12.7 Å². The van der Waals surface area contributed by atoms with Gasteiger partial charge in [0, 0.05) is 0 Å². The summed E-state index contributed by atoms with van der Waals surface area (Å²) in [4.78, 5) is 0. The second kappa shape index (κ2) is 9.04. The Balaban J connectivity index is 0. The maximum absolute atomic E-state index is 4.25. The fraction of sp³-hybridized carbons (Fsp3) is 0. The Morgan fingerprint density at radius 1 is 1.83 bits per heavy atom. The molecule has 0 fully saturated rings. The van der Waals surface area contributed by atoms with Crippen LogP contribution in [0, 0.1) is 6.61 Å². The molecule has 0 aromatic heterocycles. The molecule has 0 aromatic carbocycles. The van der Waals surface area contributed by atoms with E-state index in [1.165, 1.54) is 12.7 Å². The summed E-state index contributed by atoms with van der Waals surface area (Å²) < 4.78 is 4.25. The van der Waals surface area contributed by atoms with Crippen molar-refractivity contribution in [3.05, 3.63) is 19.3 Å². The second-order valence-electron chi connectivity index (χ2n) is 0.490. The quantitative estimate of drug-likeness (QED) is 0.268. The summed E-state index contributed by atoms with van der Waals surface area (Å²) in [6.45, 7) is 4.77. The van der Waals surface area contributed by atoms with Crippen molar-refractivity contribution in [3.63, 3.8) is 0 Å². The van der Waals surface area contributed by atoms with E-state index in [1.54, 1.807) is 0 Å². The smallest absolute Gasteiger partial charge is 0.482 e. The Morgan fingerprint density at radius 3 is 2.33 bits per heavy atom. The average Bonchev–Trinajstić information content (AvgIpc) is 1.41. The van der Waals surface area contributed by atoms with Crippen molar-refractivity contribution in [2.75, 3.05) is 0 Å². The molecule has 3 radical (unpaired) electrons. The molecule has 0 N–H and O–H groups in total. The third-order valence-corrected chi connectivity index (χ3v) is 0.300. The van der Waals surface area contributed by atoms with E-state index in [0.717, 1.165) is 0 Å². The van der Waals surface area contributed by atoms with Gasteiger partial charge in [-0.2, -0.15) is 0 Å². The molecule has 0 heterocycles. The molecule has 0 aliphatic heterocycles. The summed E-state index contributed by atoms with van der Waals surface area (Å²) in [5, 5.41) is 0. The minimum absolute atomic E-state index is 0. The molecule has 0 saturated carbocycles. The largest absolute Gasteiger partial charge is 1.00 e. The van der Waals surface area contributed by atoms with Crippen LogP contribution in [0.3, 0.4) is 0 Å². The van der Waals surface area contributed by atoms with Gasteiger partial charge in [0.25, 0.3) is 0 Å².